The van der Waals surface area contributed by atoms with Crippen LogP contribution >= 0.6 is 0 Å². The van der Waals surface area contributed by atoms with Gasteiger partial charge in [0.25, 0.3) is 5.89 Å². The van der Waals surface area contributed by atoms with Crippen LogP contribution in [-0.4, -0.2) is 10.8 Å². The molecule has 0 spiro atoms. The van der Waals surface area contributed by atoms with Gasteiger partial charge in [-0.1, -0.05) is 20.3 Å². The molecule has 1 aromatic heterocycles. The molecule has 3 heteroatoms. The van der Waals surface area contributed by atoms with Gasteiger partial charge in [-0.05, 0) is 6.42 Å². The van der Waals surface area contributed by atoms with Crippen LogP contribution in [0.2, 0.25) is 0 Å². The van der Waals surface area contributed by atoms with E-state index in [-0.39, 0.29) is 17.6 Å². The molecule has 0 N–H and O–H groups in total. The van der Waals surface area contributed by atoms with E-state index in [9.17, 15) is 4.79 Å². The molecule has 0 radical (unpaired) electrons. The van der Waals surface area contributed by atoms with Gasteiger partial charge < -0.3 is 4.42 Å². The van der Waals surface area contributed by atoms with Gasteiger partial charge in [0.05, 0.1) is 6.20 Å². The average Bonchev–Trinajstić information content (AvgIpc) is 2.55. The Morgan fingerprint density at radius 1 is 1.75 bits per heavy atom. The Kier molecular flexibility index (Phi) is 3.02. The van der Waals surface area contributed by atoms with Crippen LogP contribution in [0.15, 0.2) is 16.9 Å². The third-order valence-corrected chi connectivity index (χ3v) is 1.81. The van der Waals surface area contributed by atoms with Gasteiger partial charge in [0.15, 0.2) is 0 Å². The van der Waals surface area contributed by atoms with Crippen LogP contribution < -0.4 is 0 Å². The highest BCUT2D eigenvalue weighted by atomic mass is 16.3. The summed E-state index contributed by atoms with van der Waals surface area (Å²) in [4.78, 5) is 15.2. The van der Waals surface area contributed by atoms with Gasteiger partial charge in [0.2, 0.25) is 5.78 Å². The SMILES string of the molecule is CCCC(C)C(=O)c1ncco1. The summed E-state index contributed by atoms with van der Waals surface area (Å²) in [5, 5.41) is 0. The van der Waals surface area contributed by atoms with Crippen molar-refractivity contribution in [2.75, 3.05) is 0 Å². The summed E-state index contributed by atoms with van der Waals surface area (Å²) in [5.74, 6) is 0.256. The van der Waals surface area contributed by atoms with E-state index >= 15 is 0 Å². The van der Waals surface area contributed by atoms with Crippen LogP contribution in [-0.2, 0) is 0 Å². The second kappa shape index (κ2) is 4.04. The normalized spacial score (nSPS) is 12.8. The predicted molar refractivity (Wildman–Crippen MR) is 44.9 cm³/mol. The summed E-state index contributed by atoms with van der Waals surface area (Å²) in [6.45, 7) is 3.95. The fraction of sp³-hybridized carbons (Fsp3) is 0.556. The lowest BCUT2D eigenvalue weighted by atomic mass is 10.0. The topological polar surface area (TPSA) is 43.1 Å². The zero-order valence-corrected chi connectivity index (χ0v) is 7.41. The average molecular weight is 167 g/mol. The zero-order valence-electron chi connectivity index (χ0n) is 7.41. The number of hydrogen-bond acceptors (Lipinski definition) is 3. The summed E-state index contributed by atoms with van der Waals surface area (Å²) < 4.78 is 4.90. The van der Waals surface area contributed by atoms with E-state index in [4.69, 9.17) is 4.42 Å². The molecule has 0 fully saturated rings. The van der Waals surface area contributed by atoms with E-state index in [0.29, 0.717) is 0 Å². The number of hydrogen-bond donors (Lipinski definition) is 0. The lowest BCUT2D eigenvalue weighted by Crippen LogP contribution is -2.11. The number of aromatic nitrogens is 1. The zero-order chi connectivity index (χ0) is 8.97. The highest BCUT2D eigenvalue weighted by molar-refractivity contribution is 5.93. The van der Waals surface area contributed by atoms with Gasteiger partial charge in [0, 0.05) is 5.92 Å². The van der Waals surface area contributed by atoms with E-state index in [2.05, 4.69) is 11.9 Å². The number of ketones is 1. The molecular weight excluding hydrogens is 154 g/mol. The van der Waals surface area contributed by atoms with Crippen LogP contribution in [0.4, 0.5) is 0 Å². The number of Topliss-reactive ketones (excluding diaryl/α,β-unsaturated/α-hetero) is 1. The molecule has 1 unspecified atom stereocenters. The van der Waals surface area contributed by atoms with Gasteiger partial charge >= 0.3 is 0 Å². The van der Waals surface area contributed by atoms with Gasteiger partial charge in [-0.2, -0.15) is 0 Å². The van der Waals surface area contributed by atoms with Crippen molar-refractivity contribution >= 4 is 5.78 Å². The Labute approximate surface area is 71.8 Å². The standard InChI is InChI=1S/C9H13NO2/c1-3-4-7(2)8(11)9-10-5-6-12-9/h5-7H,3-4H2,1-2H3. The van der Waals surface area contributed by atoms with E-state index in [1.54, 1.807) is 0 Å². The molecule has 1 atom stereocenters. The molecule has 0 aliphatic rings. The molecule has 1 heterocycles. The summed E-state index contributed by atoms with van der Waals surface area (Å²) >= 11 is 0. The largest absolute Gasteiger partial charge is 0.442 e. The quantitative estimate of drug-likeness (QED) is 0.646. The Hall–Kier alpha value is -1.12. The summed E-state index contributed by atoms with van der Waals surface area (Å²) in [6, 6.07) is 0. The van der Waals surface area contributed by atoms with Crippen molar-refractivity contribution in [2.24, 2.45) is 5.92 Å². The Bertz CT molecular complexity index is 241. The van der Waals surface area contributed by atoms with Crippen molar-refractivity contribution in [3.05, 3.63) is 18.4 Å². The minimum atomic E-state index is 0.00171. The maximum atomic E-state index is 11.4. The van der Waals surface area contributed by atoms with E-state index < -0.39 is 0 Å². The molecular formula is C9H13NO2. The van der Waals surface area contributed by atoms with E-state index in [0.717, 1.165) is 12.8 Å². The predicted octanol–water partition coefficient (Wildman–Crippen LogP) is 2.29. The first-order valence-corrected chi connectivity index (χ1v) is 4.19. The third kappa shape index (κ3) is 1.94. The van der Waals surface area contributed by atoms with Crippen LogP contribution in [0, 0.1) is 5.92 Å². The summed E-state index contributed by atoms with van der Waals surface area (Å²) in [7, 11) is 0. The number of oxazole rings is 1. The lowest BCUT2D eigenvalue weighted by Gasteiger charge is -2.04. The van der Waals surface area contributed by atoms with Crippen LogP contribution in [0.5, 0.6) is 0 Å². The molecule has 1 aromatic rings. The van der Waals surface area contributed by atoms with Gasteiger partial charge in [-0.3, -0.25) is 4.79 Å². The fourth-order valence-electron chi connectivity index (χ4n) is 1.12. The fourth-order valence-corrected chi connectivity index (χ4v) is 1.12. The minimum absolute atomic E-state index is 0.00171. The number of rotatable bonds is 4. The second-order valence-corrected chi connectivity index (χ2v) is 2.89. The van der Waals surface area contributed by atoms with Crippen molar-refractivity contribution in [1.82, 2.24) is 4.98 Å². The number of carbonyl (C=O) groups excluding carboxylic acids is 1. The van der Waals surface area contributed by atoms with Crippen molar-refractivity contribution < 1.29 is 9.21 Å². The molecule has 0 amide bonds. The van der Waals surface area contributed by atoms with Gasteiger partial charge in [0.1, 0.15) is 6.26 Å². The molecule has 0 aliphatic heterocycles. The molecule has 1 rings (SSSR count). The molecule has 0 saturated carbocycles. The first kappa shape index (κ1) is 8.97. The van der Waals surface area contributed by atoms with E-state index in [1.165, 1.54) is 12.5 Å². The maximum Gasteiger partial charge on any atom is 0.263 e. The first-order valence-electron chi connectivity index (χ1n) is 4.19. The summed E-state index contributed by atoms with van der Waals surface area (Å²) in [6.07, 6.45) is 4.81. The Balaban J connectivity index is 2.59. The van der Waals surface area contributed by atoms with Crippen molar-refractivity contribution in [1.29, 1.82) is 0 Å². The van der Waals surface area contributed by atoms with Crippen LogP contribution in [0.1, 0.15) is 37.4 Å². The number of carbonyl (C=O) groups is 1. The molecule has 12 heavy (non-hydrogen) atoms. The van der Waals surface area contributed by atoms with Crippen molar-refractivity contribution in [3.63, 3.8) is 0 Å². The highest BCUT2D eigenvalue weighted by Gasteiger charge is 2.17. The molecule has 0 bridgehead atoms. The van der Waals surface area contributed by atoms with Gasteiger partial charge in [-0.15, -0.1) is 0 Å². The van der Waals surface area contributed by atoms with Crippen molar-refractivity contribution in [2.45, 2.75) is 26.7 Å². The minimum Gasteiger partial charge on any atom is -0.442 e. The maximum absolute atomic E-state index is 11.4. The molecule has 3 nitrogen and oxygen atoms in total. The third-order valence-electron chi connectivity index (χ3n) is 1.81. The molecule has 0 aliphatic carbocycles. The van der Waals surface area contributed by atoms with E-state index in [1.807, 2.05) is 6.92 Å². The molecule has 0 saturated heterocycles. The summed E-state index contributed by atoms with van der Waals surface area (Å²) in [5.41, 5.74) is 0. The second-order valence-electron chi connectivity index (χ2n) is 2.89. The van der Waals surface area contributed by atoms with Crippen LogP contribution in [0.25, 0.3) is 0 Å². The van der Waals surface area contributed by atoms with Crippen molar-refractivity contribution in [3.8, 4) is 0 Å². The molecule has 0 aromatic carbocycles. The smallest absolute Gasteiger partial charge is 0.263 e. The Morgan fingerprint density at radius 2 is 2.50 bits per heavy atom. The van der Waals surface area contributed by atoms with Crippen LogP contribution in [0.3, 0.4) is 0 Å². The Morgan fingerprint density at radius 3 is 3.00 bits per heavy atom. The first-order chi connectivity index (χ1) is 5.75. The lowest BCUT2D eigenvalue weighted by molar-refractivity contribution is 0.0888. The highest BCUT2D eigenvalue weighted by Crippen LogP contribution is 2.11. The number of nitrogens with zero attached hydrogens (tertiary/aromatic N) is 1. The molecule has 66 valence electrons. The van der Waals surface area contributed by atoms with Gasteiger partial charge in [-0.25, -0.2) is 4.98 Å². The monoisotopic (exact) mass is 167 g/mol.